The average Bonchev–Trinajstić information content (AvgIpc) is 2.75. The summed E-state index contributed by atoms with van der Waals surface area (Å²) in [6.07, 6.45) is 2.34. The first-order chi connectivity index (χ1) is 8.39. The van der Waals surface area contributed by atoms with Gasteiger partial charge in [-0.05, 0) is 17.7 Å². The molecule has 0 aromatic heterocycles. The van der Waals surface area contributed by atoms with Crippen molar-refractivity contribution in [2.75, 3.05) is 0 Å². The monoisotopic (exact) mass is 247 g/mol. The Hall–Kier alpha value is -1.71. The van der Waals surface area contributed by atoms with E-state index in [0.29, 0.717) is 6.42 Å². The van der Waals surface area contributed by atoms with E-state index in [1.165, 1.54) is 17.1 Å². The molecule has 1 unspecified atom stereocenters. The predicted octanol–water partition coefficient (Wildman–Crippen LogP) is 3.13. The Morgan fingerprint density at radius 3 is 2.78 bits per heavy atom. The molecular formula is C14H17FN2O. The second-order valence-corrected chi connectivity index (χ2v) is 5.50. The summed E-state index contributed by atoms with van der Waals surface area (Å²) in [5.74, 6) is -0.340. The fourth-order valence-corrected chi connectivity index (χ4v) is 1.94. The number of amides is 1. The van der Waals surface area contributed by atoms with Gasteiger partial charge in [-0.15, -0.1) is 0 Å². The number of carbonyl (C=O) groups excluding carboxylic acids is 1. The molecule has 2 rings (SSSR count). The molecule has 0 saturated heterocycles. The molecule has 0 bridgehead atoms. The molecule has 0 radical (unpaired) electrons. The topological polar surface area (TPSA) is 32.7 Å². The molecule has 0 N–H and O–H groups in total. The number of hydrazone groups is 1. The summed E-state index contributed by atoms with van der Waals surface area (Å²) in [5.41, 5.74) is 0.290. The summed E-state index contributed by atoms with van der Waals surface area (Å²) in [6, 6.07) is 6.15. The van der Waals surface area contributed by atoms with Crippen LogP contribution in [-0.2, 0) is 4.79 Å². The Morgan fingerprint density at radius 1 is 1.44 bits per heavy atom. The van der Waals surface area contributed by atoms with Crippen molar-refractivity contribution in [1.82, 2.24) is 5.01 Å². The van der Waals surface area contributed by atoms with E-state index in [0.717, 1.165) is 5.56 Å². The van der Waals surface area contributed by atoms with Crippen LogP contribution >= 0.6 is 0 Å². The van der Waals surface area contributed by atoms with Crippen molar-refractivity contribution < 1.29 is 9.18 Å². The van der Waals surface area contributed by atoms with Crippen LogP contribution in [0.5, 0.6) is 0 Å². The van der Waals surface area contributed by atoms with Crippen LogP contribution in [0.4, 0.5) is 4.39 Å². The lowest BCUT2D eigenvalue weighted by Gasteiger charge is -2.28. The molecule has 96 valence electrons. The third-order valence-electron chi connectivity index (χ3n) is 2.91. The van der Waals surface area contributed by atoms with Gasteiger partial charge in [-0.2, -0.15) is 5.10 Å². The Bertz CT molecular complexity index is 491. The largest absolute Gasteiger partial charge is 0.272 e. The Balaban J connectivity index is 2.27. The van der Waals surface area contributed by atoms with Crippen LogP contribution in [0, 0.1) is 11.2 Å². The number of halogens is 1. The number of hydrogen-bond acceptors (Lipinski definition) is 2. The molecule has 0 aliphatic carbocycles. The zero-order chi connectivity index (χ0) is 13.3. The SMILES string of the molecule is CC(C)(C)C(=O)N1N=CCC1c1cccc([18F])c1. The smallest absolute Gasteiger partial charge is 0.248 e. The van der Waals surface area contributed by atoms with E-state index in [1.54, 1.807) is 12.3 Å². The molecule has 0 saturated carbocycles. The summed E-state index contributed by atoms with van der Waals surface area (Å²) < 4.78 is 13.2. The highest BCUT2D eigenvalue weighted by Crippen LogP contribution is 2.32. The van der Waals surface area contributed by atoms with E-state index >= 15 is 0 Å². The number of hydrogen-bond donors (Lipinski definition) is 0. The van der Waals surface area contributed by atoms with E-state index < -0.39 is 5.41 Å². The lowest BCUT2D eigenvalue weighted by molar-refractivity contribution is -0.141. The van der Waals surface area contributed by atoms with Crippen LogP contribution in [0.1, 0.15) is 38.8 Å². The highest BCUT2D eigenvalue weighted by atomic mass is 18.2. The van der Waals surface area contributed by atoms with Gasteiger partial charge in [-0.1, -0.05) is 32.9 Å². The maximum absolute atomic E-state index is 13.2. The van der Waals surface area contributed by atoms with Crippen molar-refractivity contribution in [3.05, 3.63) is 35.6 Å². The van der Waals surface area contributed by atoms with Gasteiger partial charge >= 0.3 is 0 Å². The van der Waals surface area contributed by atoms with Gasteiger partial charge in [0.05, 0.1) is 6.04 Å². The first-order valence-electron chi connectivity index (χ1n) is 6.01. The highest BCUT2D eigenvalue weighted by molar-refractivity contribution is 5.84. The maximum Gasteiger partial charge on any atom is 0.248 e. The minimum atomic E-state index is -0.493. The molecule has 18 heavy (non-hydrogen) atoms. The number of nitrogens with zero attached hydrogens (tertiary/aromatic N) is 2. The van der Waals surface area contributed by atoms with Crippen molar-refractivity contribution in [3.8, 4) is 0 Å². The molecule has 1 aliphatic rings. The van der Waals surface area contributed by atoms with Gasteiger partial charge in [-0.25, -0.2) is 9.40 Å². The zero-order valence-corrected chi connectivity index (χ0v) is 10.9. The molecule has 1 aliphatic heterocycles. The summed E-state index contributed by atoms with van der Waals surface area (Å²) >= 11 is 0. The Morgan fingerprint density at radius 2 is 2.17 bits per heavy atom. The minimum Gasteiger partial charge on any atom is -0.272 e. The summed E-state index contributed by atoms with van der Waals surface area (Å²) in [5, 5.41) is 5.59. The second-order valence-electron chi connectivity index (χ2n) is 5.50. The van der Waals surface area contributed by atoms with Crippen LogP contribution in [0.2, 0.25) is 0 Å². The Kier molecular flexibility index (Phi) is 3.20. The van der Waals surface area contributed by atoms with Crippen LogP contribution in [0.15, 0.2) is 29.4 Å². The van der Waals surface area contributed by atoms with Gasteiger partial charge in [0.15, 0.2) is 0 Å². The first-order valence-corrected chi connectivity index (χ1v) is 6.01. The molecular weight excluding hydrogens is 230 g/mol. The predicted molar refractivity (Wildman–Crippen MR) is 68.6 cm³/mol. The molecule has 3 nitrogen and oxygen atoms in total. The van der Waals surface area contributed by atoms with E-state index in [4.69, 9.17) is 0 Å². The molecule has 1 aromatic rings. The lowest BCUT2D eigenvalue weighted by Crippen LogP contribution is -2.36. The molecule has 0 fully saturated rings. The zero-order valence-electron chi connectivity index (χ0n) is 10.9. The van der Waals surface area contributed by atoms with Crippen molar-refractivity contribution in [2.24, 2.45) is 10.5 Å². The van der Waals surface area contributed by atoms with Gasteiger partial charge in [0, 0.05) is 18.1 Å². The molecule has 1 atom stereocenters. The van der Waals surface area contributed by atoms with E-state index in [1.807, 2.05) is 26.8 Å². The number of rotatable bonds is 1. The summed E-state index contributed by atoms with van der Waals surface area (Å²) in [4.78, 5) is 12.3. The molecule has 0 spiro atoms. The van der Waals surface area contributed by atoms with Crippen molar-refractivity contribution in [3.63, 3.8) is 0 Å². The van der Waals surface area contributed by atoms with Gasteiger partial charge in [0.25, 0.3) is 0 Å². The molecule has 1 amide bonds. The highest BCUT2D eigenvalue weighted by Gasteiger charge is 2.34. The first kappa shape index (κ1) is 12.7. The standard InChI is InChI=1S/C14H17FN2O/c1-14(2,3)13(18)17-12(7-8-16-17)10-5-4-6-11(15)9-10/h4-6,8-9,12H,7H2,1-3H3/i15-1. The van der Waals surface area contributed by atoms with Gasteiger partial charge < -0.3 is 0 Å². The van der Waals surface area contributed by atoms with E-state index in [2.05, 4.69) is 5.10 Å². The Labute approximate surface area is 106 Å². The average molecular weight is 247 g/mol. The third kappa shape index (κ3) is 2.42. The summed E-state index contributed by atoms with van der Waals surface area (Å²) in [6.45, 7) is 5.56. The summed E-state index contributed by atoms with van der Waals surface area (Å²) in [7, 11) is 0. The van der Waals surface area contributed by atoms with Crippen LogP contribution < -0.4 is 0 Å². The molecule has 1 aromatic carbocycles. The number of benzene rings is 1. The lowest BCUT2D eigenvalue weighted by atomic mass is 9.93. The van der Waals surface area contributed by atoms with E-state index in [-0.39, 0.29) is 17.8 Å². The minimum absolute atomic E-state index is 0.0505. The van der Waals surface area contributed by atoms with Crippen LogP contribution in [0.3, 0.4) is 0 Å². The van der Waals surface area contributed by atoms with Crippen molar-refractivity contribution in [2.45, 2.75) is 33.2 Å². The van der Waals surface area contributed by atoms with Crippen molar-refractivity contribution >= 4 is 12.1 Å². The van der Waals surface area contributed by atoms with Gasteiger partial charge in [0.1, 0.15) is 5.82 Å². The number of carbonyl (C=O) groups is 1. The fraction of sp³-hybridized carbons (Fsp3) is 0.429. The maximum atomic E-state index is 13.2. The third-order valence-corrected chi connectivity index (χ3v) is 2.91. The van der Waals surface area contributed by atoms with Crippen LogP contribution in [-0.4, -0.2) is 17.1 Å². The van der Waals surface area contributed by atoms with E-state index in [9.17, 15) is 9.18 Å². The second kappa shape index (κ2) is 4.52. The quantitative estimate of drug-likeness (QED) is 0.750. The van der Waals surface area contributed by atoms with Gasteiger partial charge in [-0.3, -0.25) is 4.79 Å². The van der Waals surface area contributed by atoms with Crippen molar-refractivity contribution in [1.29, 1.82) is 0 Å². The molecule has 1 heterocycles. The normalized spacial score (nSPS) is 19.3. The fourth-order valence-electron chi connectivity index (χ4n) is 1.94. The van der Waals surface area contributed by atoms with Gasteiger partial charge in [0.2, 0.25) is 5.91 Å². The van der Waals surface area contributed by atoms with Crippen LogP contribution in [0.25, 0.3) is 0 Å². The molecule has 4 heteroatoms.